The molecule has 0 aromatic carbocycles. The molecule has 4 rings (SSSR count). The number of rotatable bonds is 11. The van der Waals surface area contributed by atoms with Gasteiger partial charge in [-0.25, -0.2) is 0 Å². The molecule has 0 spiro atoms. The maximum absolute atomic E-state index is 14.8. The highest BCUT2D eigenvalue weighted by Crippen LogP contribution is 2.43. The Hall–Kier alpha value is -5.75. The van der Waals surface area contributed by atoms with Gasteiger partial charge in [0.25, 0.3) is 0 Å². The van der Waals surface area contributed by atoms with Gasteiger partial charge in [0, 0.05) is 66.7 Å². The number of carbonyl (C=O) groups excluding carboxylic acids is 11. The van der Waals surface area contributed by atoms with Crippen molar-refractivity contribution in [3.05, 3.63) is 0 Å². The minimum atomic E-state index is -4.50. The summed E-state index contributed by atoms with van der Waals surface area (Å²) >= 11 is 6.34. The lowest BCUT2D eigenvalue weighted by atomic mass is 9.78. The van der Waals surface area contributed by atoms with Gasteiger partial charge in [-0.2, -0.15) is 13.2 Å². The molecule has 0 aromatic rings. The molecule has 4 fully saturated rings. The molecule has 3 unspecified atom stereocenters. The van der Waals surface area contributed by atoms with Crippen molar-refractivity contribution < 1.29 is 65.9 Å². The average molecular weight is 1300 g/mol. The summed E-state index contributed by atoms with van der Waals surface area (Å²) < 4.78 is 41.7. The number of carbonyl (C=O) groups is 11. The number of nitrogens with one attached hydrogen (secondary N) is 4. The molecule has 90 heavy (non-hydrogen) atoms. The SMILES string of the molecule is CC[C@H](C)[C@@H]1NC(=O)[C@H](C)N(C)C(=O)C[C@@H](C)N(C)C(=O)[C@H](CC(C)C)NC(=O)C(C)(C)N(C)C(=O)[C@H](CC(C)C)NC(=O)[C@H](CCC2CCC(C(F)(F)F)C(Cl)C2)NC(=O)CN(C)C(=O)[C@H](CC2CCCCC2)N(C)C(=O)[C@@H]2CCN2C(=O)[C@H](C)N(C)C1=O. The van der Waals surface area contributed by atoms with Gasteiger partial charge in [0.15, 0.2) is 0 Å². The normalized spacial score (nSPS) is 30.7. The van der Waals surface area contributed by atoms with Crippen LogP contribution in [0.4, 0.5) is 13.2 Å². The second-order valence-corrected chi connectivity index (χ2v) is 28.3. The van der Waals surface area contributed by atoms with Gasteiger partial charge < -0.3 is 55.6 Å². The van der Waals surface area contributed by atoms with Crippen LogP contribution in [0.5, 0.6) is 0 Å². The average Bonchev–Trinajstić information content (AvgIpc) is 0.813. The fraction of sp³-hybridized carbons (Fsp3) is 0.828. The van der Waals surface area contributed by atoms with Gasteiger partial charge in [-0.05, 0) is 122 Å². The van der Waals surface area contributed by atoms with Crippen LogP contribution in [0, 0.1) is 35.5 Å². The van der Waals surface area contributed by atoms with E-state index in [1.165, 1.54) is 94.5 Å². The van der Waals surface area contributed by atoms with E-state index >= 15 is 0 Å². The monoisotopic (exact) mass is 1300 g/mol. The first-order chi connectivity index (χ1) is 41.8. The molecule has 0 aromatic heterocycles. The second-order valence-electron chi connectivity index (χ2n) is 27.8. The lowest BCUT2D eigenvalue weighted by Gasteiger charge is -2.45. The standard InChI is InChI=1S/C64H107ClF3N11O11/c1-18-38(6)53-61(89)76(15)41(9)56(84)79-29-28-49(79)60(88)77(16)50(34-42-22-20-19-21-23-42)59(87)73(12)35-51(80)69-46(27-25-43-24-26-44(45(65)33-43)64(66,67)68)55(83)70-48(31-37(4)5)58(86)78(17)63(10,11)62(90)71-47(30-36(2)3)57(85)74(13)39(7)32-52(81)75(14)40(8)54(82)72-53/h36-50,53H,18-35H2,1-17H3,(H,69,80)(H,70,83)(H,71,90)(H,72,82)/t38-,39+,40-,41-,43?,44?,45?,46-,47-,48-,49-,50-,53-/m0/s1. The van der Waals surface area contributed by atoms with Crippen molar-refractivity contribution in [3.63, 3.8) is 0 Å². The highest BCUT2D eigenvalue weighted by molar-refractivity contribution is 6.20. The summed E-state index contributed by atoms with van der Waals surface area (Å²) in [5.74, 6) is -9.76. The maximum atomic E-state index is 14.8. The summed E-state index contributed by atoms with van der Waals surface area (Å²) in [6.45, 7) is 18.2. The topological polar surface area (TPSA) is 259 Å². The van der Waals surface area contributed by atoms with Gasteiger partial charge in [0.2, 0.25) is 65.0 Å². The summed E-state index contributed by atoms with van der Waals surface area (Å²) in [6.07, 6.45) is 0.835. The van der Waals surface area contributed by atoms with Crippen LogP contribution in [0.15, 0.2) is 0 Å². The molecule has 26 heteroatoms. The Morgan fingerprint density at radius 3 is 1.72 bits per heavy atom. The molecule has 22 nitrogen and oxygen atoms in total. The molecular weight excluding hydrogens is 1190 g/mol. The van der Waals surface area contributed by atoms with Crippen molar-refractivity contribution in [2.45, 2.75) is 250 Å². The molecule has 2 heterocycles. The van der Waals surface area contributed by atoms with E-state index in [9.17, 15) is 65.9 Å². The maximum Gasteiger partial charge on any atom is 0.393 e. The Balaban J connectivity index is 1.80. The quantitative estimate of drug-likeness (QED) is 0.189. The van der Waals surface area contributed by atoms with Crippen LogP contribution in [-0.2, 0) is 52.7 Å². The largest absolute Gasteiger partial charge is 0.393 e. The fourth-order valence-corrected chi connectivity index (χ4v) is 13.1. The predicted molar refractivity (Wildman–Crippen MR) is 336 cm³/mol. The molecule has 4 aliphatic rings. The molecule has 2 aliphatic heterocycles. The molecule has 2 saturated heterocycles. The smallest absolute Gasteiger partial charge is 0.343 e. The summed E-state index contributed by atoms with van der Waals surface area (Å²) in [5, 5.41) is 10.0. The molecule has 4 N–H and O–H groups in total. The summed E-state index contributed by atoms with van der Waals surface area (Å²) in [5.41, 5.74) is -1.67. The van der Waals surface area contributed by atoms with E-state index in [1.807, 2.05) is 34.6 Å². The highest BCUT2D eigenvalue weighted by Gasteiger charge is 2.49. The van der Waals surface area contributed by atoms with E-state index in [4.69, 9.17) is 11.6 Å². The predicted octanol–water partition coefficient (Wildman–Crippen LogP) is 5.47. The Kier molecular flexibility index (Phi) is 28.3. The third-order valence-corrected chi connectivity index (χ3v) is 20.3. The van der Waals surface area contributed by atoms with Gasteiger partial charge in [-0.3, -0.25) is 52.7 Å². The first kappa shape index (κ1) is 76.7. The van der Waals surface area contributed by atoms with Crippen molar-refractivity contribution in [3.8, 4) is 0 Å². The third-order valence-electron chi connectivity index (χ3n) is 19.8. The summed E-state index contributed by atoms with van der Waals surface area (Å²) in [6, 6.07) is -10.0. The number of halogens is 4. The summed E-state index contributed by atoms with van der Waals surface area (Å²) in [7, 11) is 8.62. The van der Waals surface area contributed by atoms with Gasteiger partial charge in [0.1, 0.15) is 53.9 Å². The zero-order valence-corrected chi connectivity index (χ0v) is 57.4. The van der Waals surface area contributed by atoms with Crippen molar-refractivity contribution in [2.75, 3.05) is 55.4 Å². The molecule has 2 aliphatic carbocycles. The highest BCUT2D eigenvalue weighted by atomic mass is 35.5. The zero-order valence-electron chi connectivity index (χ0n) is 56.6. The van der Waals surface area contributed by atoms with E-state index in [-0.39, 0.29) is 94.4 Å². The molecule has 11 amide bonds. The first-order valence-electron chi connectivity index (χ1n) is 32.6. The van der Waals surface area contributed by atoms with E-state index in [1.54, 1.807) is 13.8 Å². The van der Waals surface area contributed by atoms with E-state index in [0.717, 1.165) is 41.9 Å². The fourth-order valence-electron chi connectivity index (χ4n) is 12.6. The van der Waals surface area contributed by atoms with Crippen LogP contribution < -0.4 is 21.3 Å². The molecule has 13 atom stereocenters. The first-order valence-corrected chi connectivity index (χ1v) is 33.0. The number of likely N-dealkylation sites (N-methyl/N-ethyl adjacent to an activating group) is 6. The van der Waals surface area contributed by atoms with Crippen LogP contribution in [0.25, 0.3) is 0 Å². The number of hydrogen-bond donors (Lipinski definition) is 4. The van der Waals surface area contributed by atoms with Crippen LogP contribution in [-0.4, -0.2) is 226 Å². The number of hydrogen-bond acceptors (Lipinski definition) is 11. The molecule has 512 valence electrons. The van der Waals surface area contributed by atoms with Crippen molar-refractivity contribution in [1.82, 2.24) is 55.6 Å². The zero-order chi connectivity index (χ0) is 68.2. The second kappa shape index (κ2) is 33.2. The molecule has 0 bridgehead atoms. The van der Waals surface area contributed by atoms with Gasteiger partial charge in [-0.15, -0.1) is 11.6 Å². The van der Waals surface area contributed by atoms with Crippen molar-refractivity contribution >= 4 is 76.6 Å². The van der Waals surface area contributed by atoms with E-state index in [2.05, 4.69) is 21.3 Å². The van der Waals surface area contributed by atoms with Crippen LogP contribution in [0.1, 0.15) is 179 Å². The third kappa shape index (κ3) is 19.9. The summed E-state index contributed by atoms with van der Waals surface area (Å²) in [4.78, 5) is 168. The number of amides is 11. The van der Waals surface area contributed by atoms with Crippen molar-refractivity contribution in [2.24, 2.45) is 35.5 Å². The Morgan fingerprint density at radius 1 is 0.600 bits per heavy atom. The Morgan fingerprint density at radius 2 is 1.19 bits per heavy atom. The van der Waals surface area contributed by atoms with Gasteiger partial charge in [-0.1, -0.05) is 80.1 Å². The lowest BCUT2D eigenvalue weighted by molar-refractivity contribution is -0.182. The van der Waals surface area contributed by atoms with Gasteiger partial charge in [0.05, 0.1) is 12.5 Å². The van der Waals surface area contributed by atoms with Crippen LogP contribution in [0.3, 0.4) is 0 Å². The van der Waals surface area contributed by atoms with E-state index in [0.29, 0.717) is 6.42 Å². The molecular formula is C64H107ClF3N11O11. The van der Waals surface area contributed by atoms with Crippen molar-refractivity contribution in [1.29, 1.82) is 0 Å². The minimum Gasteiger partial charge on any atom is -0.343 e. The number of fused-ring (bicyclic) bond motifs is 1. The number of alkyl halides is 4. The lowest BCUT2D eigenvalue weighted by Crippen LogP contribution is -2.65. The number of nitrogens with zero attached hydrogens (tertiary/aromatic N) is 7. The minimum absolute atomic E-state index is 0.00591. The van der Waals surface area contributed by atoms with E-state index < -0.39 is 155 Å². The van der Waals surface area contributed by atoms with Gasteiger partial charge >= 0.3 is 6.18 Å². The molecule has 0 radical (unpaired) electrons. The van der Waals surface area contributed by atoms with Crippen LogP contribution >= 0.6 is 11.6 Å². The Bertz CT molecular complexity index is 2550. The molecule has 2 saturated carbocycles. The Labute approximate surface area is 537 Å². The van der Waals surface area contributed by atoms with Crippen LogP contribution in [0.2, 0.25) is 0 Å².